The van der Waals surface area contributed by atoms with Gasteiger partial charge in [0, 0.05) is 13.0 Å². The third kappa shape index (κ3) is 5.30. The fourth-order valence-corrected chi connectivity index (χ4v) is 3.32. The second-order valence-corrected chi connectivity index (χ2v) is 6.40. The Labute approximate surface area is 127 Å². The molecule has 0 aromatic rings. The predicted octanol–water partition coefficient (Wildman–Crippen LogP) is 1.28. The van der Waals surface area contributed by atoms with Crippen LogP contribution in [0.2, 0.25) is 0 Å². The molecule has 0 aromatic heterocycles. The molecular formula is C16H29N3O2. The van der Waals surface area contributed by atoms with Crippen LogP contribution in [0.5, 0.6) is 0 Å². The first-order chi connectivity index (χ1) is 10.2. The quantitative estimate of drug-likeness (QED) is 0.803. The summed E-state index contributed by atoms with van der Waals surface area (Å²) in [6, 6.07) is -0.319. The van der Waals surface area contributed by atoms with Gasteiger partial charge in [0.05, 0.1) is 0 Å². The third-order valence-electron chi connectivity index (χ3n) is 4.59. The van der Waals surface area contributed by atoms with E-state index in [1.54, 1.807) is 0 Å². The molecule has 0 aromatic carbocycles. The molecule has 2 aliphatic heterocycles. The Bertz CT molecular complexity index is 351. The number of hydrogen-bond donors (Lipinski definition) is 2. The summed E-state index contributed by atoms with van der Waals surface area (Å²) in [6.07, 6.45) is 6.75. The van der Waals surface area contributed by atoms with E-state index in [-0.39, 0.29) is 17.9 Å². The zero-order valence-electron chi connectivity index (χ0n) is 13.2. The average Bonchev–Trinajstić information content (AvgIpc) is 2.67. The van der Waals surface area contributed by atoms with Gasteiger partial charge >= 0.3 is 0 Å². The Hall–Kier alpha value is -1.10. The first kappa shape index (κ1) is 16.3. The van der Waals surface area contributed by atoms with Crippen molar-refractivity contribution in [1.82, 2.24) is 15.5 Å². The molecule has 2 rings (SSSR count). The zero-order chi connectivity index (χ0) is 15.1. The molecule has 1 unspecified atom stereocenters. The standard InChI is InChI=1S/C16H29N3O2/c1-2-9-19-10-6-13(7-11-19)12-15(20)18-14-5-3-4-8-17-16(14)21/h13-14H,2-12H2,1H3,(H,17,21)(H,18,20). The summed E-state index contributed by atoms with van der Waals surface area (Å²) < 4.78 is 0. The van der Waals surface area contributed by atoms with Crippen LogP contribution in [-0.2, 0) is 9.59 Å². The van der Waals surface area contributed by atoms with Gasteiger partial charge in [0.25, 0.3) is 0 Å². The van der Waals surface area contributed by atoms with Gasteiger partial charge in [-0.1, -0.05) is 6.92 Å². The molecule has 5 nitrogen and oxygen atoms in total. The Kier molecular flexibility index (Phi) is 6.49. The number of amides is 2. The van der Waals surface area contributed by atoms with Crippen LogP contribution in [0.1, 0.15) is 51.9 Å². The van der Waals surface area contributed by atoms with E-state index in [2.05, 4.69) is 22.5 Å². The maximum Gasteiger partial charge on any atom is 0.242 e. The van der Waals surface area contributed by atoms with Crippen molar-refractivity contribution in [3.63, 3.8) is 0 Å². The first-order valence-corrected chi connectivity index (χ1v) is 8.48. The van der Waals surface area contributed by atoms with Crippen molar-refractivity contribution in [2.24, 2.45) is 5.92 Å². The van der Waals surface area contributed by atoms with Crippen LogP contribution in [0.15, 0.2) is 0 Å². The molecule has 2 saturated heterocycles. The fraction of sp³-hybridized carbons (Fsp3) is 0.875. The second-order valence-electron chi connectivity index (χ2n) is 6.40. The SMILES string of the molecule is CCCN1CCC(CC(=O)NC2CCCCNC2=O)CC1. The maximum atomic E-state index is 12.1. The molecule has 2 heterocycles. The number of carbonyl (C=O) groups is 2. The number of rotatable bonds is 5. The van der Waals surface area contributed by atoms with E-state index in [1.807, 2.05) is 0 Å². The summed E-state index contributed by atoms with van der Waals surface area (Å²) in [7, 11) is 0. The molecule has 21 heavy (non-hydrogen) atoms. The summed E-state index contributed by atoms with van der Waals surface area (Å²) in [5.74, 6) is 0.511. The van der Waals surface area contributed by atoms with E-state index in [1.165, 1.54) is 13.0 Å². The molecular weight excluding hydrogens is 266 g/mol. The lowest BCUT2D eigenvalue weighted by molar-refractivity contribution is -0.129. The normalized spacial score (nSPS) is 25.2. The molecule has 0 radical (unpaired) electrons. The Morgan fingerprint density at radius 1 is 1.29 bits per heavy atom. The Balaban J connectivity index is 1.71. The van der Waals surface area contributed by atoms with Crippen LogP contribution in [-0.4, -0.2) is 48.9 Å². The highest BCUT2D eigenvalue weighted by molar-refractivity contribution is 5.87. The van der Waals surface area contributed by atoms with E-state index in [0.717, 1.165) is 51.7 Å². The number of nitrogens with zero attached hydrogens (tertiary/aromatic N) is 1. The van der Waals surface area contributed by atoms with Crippen molar-refractivity contribution < 1.29 is 9.59 Å². The largest absolute Gasteiger partial charge is 0.354 e. The lowest BCUT2D eigenvalue weighted by atomic mass is 9.93. The van der Waals surface area contributed by atoms with Gasteiger partial charge in [-0.2, -0.15) is 0 Å². The van der Waals surface area contributed by atoms with Gasteiger partial charge in [-0.3, -0.25) is 9.59 Å². The van der Waals surface area contributed by atoms with Crippen LogP contribution in [0.3, 0.4) is 0 Å². The summed E-state index contributed by atoms with van der Waals surface area (Å²) in [5.41, 5.74) is 0. The molecule has 5 heteroatoms. The Morgan fingerprint density at radius 2 is 2.05 bits per heavy atom. The molecule has 0 spiro atoms. The number of piperidine rings is 1. The molecule has 0 aliphatic carbocycles. The minimum atomic E-state index is -0.319. The summed E-state index contributed by atoms with van der Waals surface area (Å²) in [5, 5.41) is 5.79. The smallest absolute Gasteiger partial charge is 0.242 e. The van der Waals surface area contributed by atoms with Crippen LogP contribution in [0, 0.1) is 5.92 Å². The highest BCUT2D eigenvalue weighted by Gasteiger charge is 2.25. The van der Waals surface area contributed by atoms with Crippen molar-refractivity contribution in [3.05, 3.63) is 0 Å². The predicted molar refractivity (Wildman–Crippen MR) is 82.9 cm³/mol. The van der Waals surface area contributed by atoms with E-state index in [9.17, 15) is 9.59 Å². The van der Waals surface area contributed by atoms with Crippen molar-refractivity contribution in [3.8, 4) is 0 Å². The van der Waals surface area contributed by atoms with Crippen LogP contribution in [0.25, 0.3) is 0 Å². The minimum absolute atomic E-state index is 0.0152. The monoisotopic (exact) mass is 295 g/mol. The molecule has 1 atom stereocenters. The van der Waals surface area contributed by atoms with Gasteiger partial charge in [0.15, 0.2) is 0 Å². The molecule has 0 bridgehead atoms. The van der Waals surface area contributed by atoms with E-state index >= 15 is 0 Å². The molecule has 120 valence electrons. The summed E-state index contributed by atoms with van der Waals surface area (Å²) >= 11 is 0. The van der Waals surface area contributed by atoms with Gasteiger partial charge in [-0.05, 0) is 64.1 Å². The zero-order valence-corrected chi connectivity index (χ0v) is 13.2. The topological polar surface area (TPSA) is 61.4 Å². The third-order valence-corrected chi connectivity index (χ3v) is 4.59. The van der Waals surface area contributed by atoms with Crippen LogP contribution in [0.4, 0.5) is 0 Å². The average molecular weight is 295 g/mol. The van der Waals surface area contributed by atoms with Gasteiger partial charge in [0.1, 0.15) is 6.04 Å². The van der Waals surface area contributed by atoms with Gasteiger partial charge in [-0.25, -0.2) is 0 Å². The number of nitrogens with one attached hydrogen (secondary N) is 2. The molecule has 2 amide bonds. The van der Waals surface area contributed by atoms with Crippen LogP contribution < -0.4 is 10.6 Å². The number of hydrogen-bond acceptors (Lipinski definition) is 3. The molecule has 0 saturated carbocycles. The first-order valence-electron chi connectivity index (χ1n) is 8.48. The van der Waals surface area contributed by atoms with Gasteiger partial charge in [0.2, 0.25) is 11.8 Å². The highest BCUT2D eigenvalue weighted by Crippen LogP contribution is 2.20. The molecule has 2 fully saturated rings. The van der Waals surface area contributed by atoms with E-state index in [0.29, 0.717) is 12.3 Å². The van der Waals surface area contributed by atoms with Crippen molar-refractivity contribution >= 4 is 11.8 Å². The fourth-order valence-electron chi connectivity index (χ4n) is 3.32. The second kappa shape index (κ2) is 8.37. The summed E-state index contributed by atoms with van der Waals surface area (Å²) in [6.45, 7) is 6.32. The summed E-state index contributed by atoms with van der Waals surface area (Å²) in [4.78, 5) is 26.4. The van der Waals surface area contributed by atoms with E-state index in [4.69, 9.17) is 0 Å². The van der Waals surface area contributed by atoms with Crippen molar-refractivity contribution in [1.29, 1.82) is 0 Å². The highest BCUT2D eigenvalue weighted by atomic mass is 16.2. The van der Waals surface area contributed by atoms with E-state index < -0.39 is 0 Å². The number of carbonyl (C=O) groups excluding carboxylic acids is 2. The van der Waals surface area contributed by atoms with Gasteiger partial charge in [-0.15, -0.1) is 0 Å². The van der Waals surface area contributed by atoms with Crippen molar-refractivity contribution in [2.75, 3.05) is 26.2 Å². The molecule has 2 N–H and O–H groups in total. The Morgan fingerprint density at radius 3 is 2.76 bits per heavy atom. The lowest BCUT2D eigenvalue weighted by Crippen LogP contribution is -2.46. The minimum Gasteiger partial charge on any atom is -0.354 e. The molecule has 2 aliphatic rings. The van der Waals surface area contributed by atoms with Crippen molar-refractivity contribution in [2.45, 2.75) is 57.9 Å². The number of likely N-dealkylation sites (tertiary alicyclic amines) is 1. The lowest BCUT2D eigenvalue weighted by Gasteiger charge is -2.31. The van der Waals surface area contributed by atoms with Gasteiger partial charge < -0.3 is 15.5 Å². The van der Waals surface area contributed by atoms with Crippen LogP contribution >= 0.6 is 0 Å². The maximum absolute atomic E-state index is 12.1.